The second kappa shape index (κ2) is 4.32. The molecule has 17 heavy (non-hydrogen) atoms. The second-order valence-corrected chi connectivity index (χ2v) is 3.27. The van der Waals surface area contributed by atoms with Crippen LogP contribution in [0.2, 0.25) is 0 Å². The Morgan fingerprint density at radius 3 is 2.47 bits per heavy atom. The third-order valence-electron chi connectivity index (χ3n) is 1.98. The average Bonchev–Trinajstić information content (AvgIpc) is 2.15. The number of nitro groups is 1. The molecular formula is C9H7F2NO5. The maximum absolute atomic E-state index is 12.8. The van der Waals surface area contributed by atoms with Crippen molar-refractivity contribution in [3.63, 3.8) is 0 Å². The molecule has 0 bridgehead atoms. The van der Waals surface area contributed by atoms with Crippen molar-refractivity contribution in [1.29, 1.82) is 0 Å². The zero-order valence-electron chi connectivity index (χ0n) is 8.26. The Kier molecular flexibility index (Phi) is 3.26. The van der Waals surface area contributed by atoms with Crippen molar-refractivity contribution < 1.29 is 28.7 Å². The molecule has 0 aromatic heterocycles. The van der Waals surface area contributed by atoms with E-state index in [2.05, 4.69) is 0 Å². The smallest absolute Gasteiger partial charge is 0.374 e. The highest BCUT2D eigenvalue weighted by atomic mass is 19.3. The molecule has 0 amide bonds. The zero-order chi connectivity index (χ0) is 13.2. The van der Waals surface area contributed by atoms with Crippen LogP contribution in [0, 0.1) is 10.1 Å². The first-order chi connectivity index (χ1) is 7.74. The van der Waals surface area contributed by atoms with Crippen molar-refractivity contribution in [2.24, 2.45) is 0 Å². The van der Waals surface area contributed by atoms with Crippen LogP contribution in [0.5, 0.6) is 5.75 Å². The van der Waals surface area contributed by atoms with Gasteiger partial charge in [-0.2, -0.15) is 8.78 Å². The van der Waals surface area contributed by atoms with Crippen molar-refractivity contribution in [2.75, 3.05) is 0 Å². The Morgan fingerprint density at radius 2 is 2.06 bits per heavy atom. The lowest BCUT2D eigenvalue weighted by atomic mass is 10.1. The number of alkyl halides is 2. The van der Waals surface area contributed by atoms with Gasteiger partial charge in [-0.05, 0) is 11.6 Å². The number of halogens is 2. The standard InChI is InChI=1S/C9H7F2NO5/c10-9(11,8(14)15)4-5-1-2-6(12(16)17)7(13)3-5/h1-3,13H,4H2,(H,14,15). The summed E-state index contributed by atoms with van der Waals surface area (Å²) in [5.41, 5.74) is -0.840. The summed E-state index contributed by atoms with van der Waals surface area (Å²) in [6.07, 6.45) is -1.14. The van der Waals surface area contributed by atoms with Gasteiger partial charge in [-0.3, -0.25) is 10.1 Å². The van der Waals surface area contributed by atoms with Gasteiger partial charge in [0, 0.05) is 12.5 Å². The minimum Gasteiger partial charge on any atom is -0.502 e. The van der Waals surface area contributed by atoms with E-state index in [0.29, 0.717) is 0 Å². The number of phenols is 1. The lowest BCUT2D eigenvalue weighted by Crippen LogP contribution is -2.30. The van der Waals surface area contributed by atoms with Gasteiger partial charge in [0.15, 0.2) is 5.75 Å². The van der Waals surface area contributed by atoms with E-state index < -0.39 is 34.7 Å². The molecule has 0 saturated carbocycles. The van der Waals surface area contributed by atoms with Crippen LogP contribution in [0.1, 0.15) is 5.56 Å². The molecule has 0 fully saturated rings. The quantitative estimate of drug-likeness (QED) is 0.621. The van der Waals surface area contributed by atoms with Gasteiger partial charge in [-0.1, -0.05) is 6.07 Å². The fourth-order valence-corrected chi connectivity index (χ4v) is 1.17. The number of nitro benzene ring substituents is 1. The van der Waals surface area contributed by atoms with Gasteiger partial charge in [-0.25, -0.2) is 4.79 Å². The topological polar surface area (TPSA) is 101 Å². The van der Waals surface area contributed by atoms with Crippen LogP contribution < -0.4 is 0 Å². The number of nitrogens with zero attached hydrogens (tertiary/aromatic N) is 1. The minimum absolute atomic E-state index is 0.208. The van der Waals surface area contributed by atoms with Gasteiger partial charge in [-0.15, -0.1) is 0 Å². The predicted octanol–water partition coefficient (Wildman–Crippen LogP) is 1.56. The van der Waals surface area contributed by atoms with Crippen molar-refractivity contribution in [1.82, 2.24) is 0 Å². The molecule has 0 saturated heterocycles. The van der Waals surface area contributed by atoms with E-state index in [-0.39, 0.29) is 5.56 Å². The number of carbonyl (C=O) groups is 1. The van der Waals surface area contributed by atoms with E-state index in [1.807, 2.05) is 0 Å². The lowest BCUT2D eigenvalue weighted by molar-refractivity contribution is -0.385. The molecule has 2 N–H and O–H groups in total. The van der Waals surface area contributed by atoms with Crippen LogP contribution in [0.15, 0.2) is 18.2 Å². The van der Waals surface area contributed by atoms with Crippen molar-refractivity contribution >= 4 is 11.7 Å². The third kappa shape index (κ3) is 2.86. The van der Waals surface area contributed by atoms with Gasteiger partial charge in [0.1, 0.15) is 0 Å². The summed E-state index contributed by atoms with van der Waals surface area (Å²) in [5.74, 6) is -7.06. The van der Waals surface area contributed by atoms with E-state index in [1.54, 1.807) is 0 Å². The summed E-state index contributed by atoms with van der Waals surface area (Å²) in [6, 6.07) is 2.55. The third-order valence-corrected chi connectivity index (χ3v) is 1.98. The number of rotatable bonds is 4. The fraction of sp³-hybridized carbons (Fsp3) is 0.222. The molecule has 92 valence electrons. The summed E-state index contributed by atoms with van der Waals surface area (Å²) >= 11 is 0. The molecule has 1 rings (SSSR count). The second-order valence-electron chi connectivity index (χ2n) is 3.27. The summed E-state index contributed by atoms with van der Waals surface area (Å²) in [7, 11) is 0. The average molecular weight is 247 g/mol. The molecule has 0 atom stereocenters. The van der Waals surface area contributed by atoms with Crippen molar-refractivity contribution in [3.05, 3.63) is 33.9 Å². The summed E-state index contributed by atoms with van der Waals surface area (Å²) in [4.78, 5) is 19.6. The first-order valence-electron chi connectivity index (χ1n) is 4.31. The number of benzene rings is 1. The minimum atomic E-state index is -3.98. The first-order valence-corrected chi connectivity index (χ1v) is 4.31. The van der Waals surface area contributed by atoms with Crippen molar-refractivity contribution in [3.8, 4) is 5.75 Å². The van der Waals surface area contributed by atoms with Crippen LogP contribution >= 0.6 is 0 Å². The van der Waals surface area contributed by atoms with Gasteiger partial charge in [0.05, 0.1) is 4.92 Å². The Labute approximate surface area is 93.3 Å². The van der Waals surface area contributed by atoms with Crippen LogP contribution in [0.4, 0.5) is 14.5 Å². The van der Waals surface area contributed by atoms with Gasteiger partial charge >= 0.3 is 17.6 Å². The SMILES string of the molecule is O=C(O)C(F)(F)Cc1ccc([N+](=O)[O-])c(O)c1. The first kappa shape index (κ1) is 12.8. The number of hydrogen-bond acceptors (Lipinski definition) is 4. The molecular weight excluding hydrogens is 240 g/mol. The number of aliphatic carboxylic acids is 1. The molecule has 6 nitrogen and oxygen atoms in total. The molecule has 0 unspecified atom stereocenters. The molecule has 8 heteroatoms. The predicted molar refractivity (Wildman–Crippen MR) is 51.0 cm³/mol. The van der Waals surface area contributed by atoms with E-state index in [9.17, 15) is 23.7 Å². The van der Waals surface area contributed by atoms with Crippen LogP contribution in [-0.4, -0.2) is 27.0 Å². The summed E-state index contributed by atoms with van der Waals surface area (Å²) < 4.78 is 25.6. The molecule has 1 aromatic carbocycles. The Morgan fingerprint density at radius 1 is 1.47 bits per heavy atom. The maximum Gasteiger partial charge on any atom is 0.374 e. The molecule has 0 spiro atoms. The lowest BCUT2D eigenvalue weighted by Gasteiger charge is -2.10. The summed E-state index contributed by atoms with van der Waals surface area (Å²) in [6.45, 7) is 0. The number of hydrogen-bond donors (Lipinski definition) is 2. The Bertz CT molecular complexity index is 474. The van der Waals surface area contributed by atoms with Crippen LogP contribution in [0.3, 0.4) is 0 Å². The Hall–Kier alpha value is -2.25. The van der Waals surface area contributed by atoms with E-state index in [4.69, 9.17) is 10.2 Å². The van der Waals surface area contributed by atoms with Gasteiger partial charge in [0.2, 0.25) is 0 Å². The van der Waals surface area contributed by atoms with E-state index >= 15 is 0 Å². The zero-order valence-corrected chi connectivity index (χ0v) is 8.26. The molecule has 0 aliphatic carbocycles. The fourth-order valence-electron chi connectivity index (χ4n) is 1.17. The largest absolute Gasteiger partial charge is 0.502 e. The maximum atomic E-state index is 12.8. The summed E-state index contributed by atoms with van der Waals surface area (Å²) in [5, 5.41) is 27.7. The van der Waals surface area contributed by atoms with Crippen LogP contribution in [0.25, 0.3) is 0 Å². The van der Waals surface area contributed by atoms with Crippen LogP contribution in [-0.2, 0) is 11.2 Å². The molecule has 1 aromatic rings. The Balaban J connectivity index is 2.99. The molecule has 0 aliphatic rings. The highest BCUT2D eigenvalue weighted by Crippen LogP contribution is 2.29. The normalized spacial score (nSPS) is 11.2. The number of carboxylic acids is 1. The highest BCUT2D eigenvalue weighted by molar-refractivity contribution is 5.75. The monoisotopic (exact) mass is 247 g/mol. The highest BCUT2D eigenvalue weighted by Gasteiger charge is 2.39. The number of phenolic OH excluding ortho intramolecular Hbond substituents is 1. The van der Waals surface area contributed by atoms with Gasteiger partial charge in [0.25, 0.3) is 0 Å². The molecule has 0 aliphatic heterocycles. The van der Waals surface area contributed by atoms with E-state index in [1.165, 1.54) is 0 Å². The van der Waals surface area contributed by atoms with E-state index in [0.717, 1.165) is 18.2 Å². The number of carboxylic acid groups (broad SMARTS) is 1. The molecule has 0 heterocycles. The molecule has 0 radical (unpaired) electrons. The number of aromatic hydroxyl groups is 1. The van der Waals surface area contributed by atoms with Gasteiger partial charge < -0.3 is 10.2 Å². The van der Waals surface area contributed by atoms with Crippen molar-refractivity contribution in [2.45, 2.75) is 12.3 Å².